The van der Waals surface area contributed by atoms with E-state index in [1.165, 1.54) is 51.6 Å². The summed E-state index contributed by atoms with van der Waals surface area (Å²) in [6.45, 7) is 9.18. The Hall–Kier alpha value is -0.120. The molecule has 3 aliphatic rings. The average molecular weight is 266 g/mol. The van der Waals surface area contributed by atoms with Crippen LogP contribution in [0.3, 0.4) is 0 Å². The molecule has 3 rings (SSSR count). The first-order valence-electron chi connectivity index (χ1n) is 8.30. The zero-order valence-corrected chi connectivity index (χ0v) is 12.7. The second-order valence-electron chi connectivity index (χ2n) is 7.02. The Balaban J connectivity index is 1.64. The van der Waals surface area contributed by atoms with Crippen molar-refractivity contribution in [2.24, 2.45) is 5.92 Å². The molecule has 3 heteroatoms. The molecule has 0 amide bonds. The van der Waals surface area contributed by atoms with E-state index in [-0.39, 0.29) is 5.54 Å². The number of hydrogen-bond donors (Lipinski definition) is 1. The van der Waals surface area contributed by atoms with Crippen molar-refractivity contribution in [2.45, 2.75) is 70.1 Å². The summed E-state index contributed by atoms with van der Waals surface area (Å²) in [4.78, 5) is 2.72. The first-order valence-corrected chi connectivity index (χ1v) is 8.30. The zero-order valence-electron chi connectivity index (χ0n) is 12.7. The van der Waals surface area contributed by atoms with Gasteiger partial charge < -0.3 is 10.1 Å². The van der Waals surface area contributed by atoms with Crippen LogP contribution in [0.15, 0.2) is 0 Å². The van der Waals surface area contributed by atoms with E-state index >= 15 is 0 Å². The molecule has 2 saturated heterocycles. The molecule has 0 aromatic carbocycles. The first kappa shape index (κ1) is 13.8. The normalized spacial score (nSPS) is 42.6. The van der Waals surface area contributed by atoms with Crippen molar-refractivity contribution in [2.75, 3.05) is 26.2 Å². The summed E-state index contributed by atoms with van der Waals surface area (Å²) in [7, 11) is 0. The van der Waals surface area contributed by atoms with Crippen LogP contribution in [0.4, 0.5) is 0 Å². The predicted octanol–water partition coefficient (Wildman–Crippen LogP) is 2.41. The summed E-state index contributed by atoms with van der Waals surface area (Å²) in [6, 6.07) is 0.721. The van der Waals surface area contributed by atoms with Gasteiger partial charge in [0.1, 0.15) is 0 Å². The standard InChI is InChI=1S/C16H30N2O/c1-13-16(2,8-11-19-13)18-10-9-17-15(12-18)14-6-4-3-5-7-14/h13-15,17H,3-12H2,1-2H3. The number of ether oxygens (including phenoxy) is 1. The Kier molecular flexibility index (Phi) is 4.16. The van der Waals surface area contributed by atoms with Gasteiger partial charge >= 0.3 is 0 Å². The molecule has 0 radical (unpaired) electrons. The maximum Gasteiger partial charge on any atom is 0.0728 e. The Bertz CT molecular complexity index is 303. The average Bonchev–Trinajstić information content (AvgIpc) is 2.81. The molecule has 3 fully saturated rings. The van der Waals surface area contributed by atoms with E-state index in [9.17, 15) is 0 Å². The van der Waals surface area contributed by atoms with E-state index in [2.05, 4.69) is 24.1 Å². The first-order chi connectivity index (χ1) is 9.20. The molecule has 0 aromatic heterocycles. The molecule has 19 heavy (non-hydrogen) atoms. The maximum absolute atomic E-state index is 5.84. The fraction of sp³-hybridized carbons (Fsp3) is 1.00. The third-order valence-electron chi connectivity index (χ3n) is 6.00. The molecule has 110 valence electrons. The van der Waals surface area contributed by atoms with Gasteiger partial charge in [-0.25, -0.2) is 0 Å². The van der Waals surface area contributed by atoms with E-state index in [1.54, 1.807) is 0 Å². The number of rotatable bonds is 2. The van der Waals surface area contributed by atoms with E-state index < -0.39 is 0 Å². The van der Waals surface area contributed by atoms with Crippen LogP contribution >= 0.6 is 0 Å². The summed E-state index contributed by atoms with van der Waals surface area (Å²) in [6.07, 6.45) is 8.81. The van der Waals surface area contributed by atoms with Crippen LogP contribution < -0.4 is 5.32 Å². The molecule has 0 aromatic rings. The SMILES string of the molecule is CC1OCCC1(C)N1CCNC(C2CCCCC2)C1. The van der Waals surface area contributed by atoms with Crippen LogP contribution in [-0.4, -0.2) is 48.8 Å². The van der Waals surface area contributed by atoms with E-state index in [1.807, 2.05) is 0 Å². The molecular weight excluding hydrogens is 236 g/mol. The number of piperazine rings is 1. The lowest BCUT2D eigenvalue weighted by Crippen LogP contribution is -2.62. The van der Waals surface area contributed by atoms with E-state index in [4.69, 9.17) is 4.74 Å². The van der Waals surface area contributed by atoms with Gasteiger partial charge in [-0.1, -0.05) is 19.3 Å². The van der Waals surface area contributed by atoms with Gasteiger partial charge in [0.05, 0.1) is 6.10 Å². The maximum atomic E-state index is 5.84. The minimum Gasteiger partial charge on any atom is -0.377 e. The third kappa shape index (κ3) is 2.70. The Morgan fingerprint density at radius 2 is 2.00 bits per heavy atom. The molecule has 1 N–H and O–H groups in total. The smallest absolute Gasteiger partial charge is 0.0728 e. The van der Waals surface area contributed by atoms with Gasteiger partial charge in [0.2, 0.25) is 0 Å². The molecule has 3 unspecified atom stereocenters. The fourth-order valence-corrected chi connectivity index (χ4v) is 4.33. The minimum absolute atomic E-state index is 0.273. The van der Waals surface area contributed by atoms with Gasteiger partial charge in [-0.05, 0) is 39.0 Å². The molecule has 3 nitrogen and oxygen atoms in total. The molecule has 1 aliphatic carbocycles. The number of hydrogen-bond acceptors (Lipinski definition) is 3. The summed E-state index contributed by atoms with van der Waals surface area (Å²) in [5.74, 6) is 0.915. The van der Waals surface area contributed by atoms with Gasteiger partial charge in [0.25, 0.3) is 0 Å². The second-order valence-corrected chi connectivity index (χ2v) is 7.02. The van der Waals surface area contributed by atoms with Crippen molar-refractivity contribution in [1.29, 1.82) is 0 Å². The molecule has 3 atom stereocenters. The Morgan fingerprint density at radius 1 is 1.21 bits per heavy atom. The quantitative estimate of drug-likeness (QED) is 0.830. The molecule has 2 heterocycles. The highest BCUT2D eigenvalue weighted by atomic mass is 16.5. The topological polar surface area (TPSA) is 24.5 Å². The van der Waals surface area contributed by atoms with Crippen molar-refractivity contribution in [3.8, 4) is 0 Å². The lowest BCUT2D eigenvalue weighted by atomic mass is 9.82. The molecule has 1 saturated carbocycles. The van der Waals surface area contributed by atoms with Crippen LogP contribution in [-0.2, 0) is 4.74 Å². The van der Waals surface area contributed by atoms with Crippen LogP contribution in [0, 0.1) is 5.92 Å². The third-order valence-corrected chi connectivity index (χ3v) is 6.00. The van der Waals surface area contributed by atoms with E-state index in [0.717, 1.165) is 25.1 Å². The van der Waals surface area contributed by atoms with Crippen molar-refractivity contribution in [3.05, 3.63) is 0 Å². The highest BCUT2D eigenvalue weighted by Gasteiger charge is 2.44. The van der Waals surface area contributed by atoms with Crippen LogP contribution in [0.1, 0.15) is 52.4 Å². The second kappa shape index (κ2) is 5.71. The fourth-order valence-electron chi connectivity index (χ4n) is 4.33. The van der Waals surface area contributed by atoms with Crippen molar-refractivity contribution in [3.63, 3.8) is 0 Å². The largest absolute Gasteiger partial charge is 0.377 e. The summed E-state index contributed by atoms with van der Waals surface area (Å²) in [5.41, 5.74) is 0.273. The molecule has 0 bridgehead atoms. The number of nitrogens with zero attached hydrogens (tertiary/aromatic N) is 1. The Morgan fingerprint density at radius 3 is 2.68 bits per heavy atom. The minimum atomic E-state index is 0.273. The Labute approximate surface area is 118 Å². The molecule has 0 spiro atoms. The van der Waals surface area contributed by atoms with Crippen molar-refractivity contribution >= 4 is 0 Å². The van der Waals surface area contributed by atoms with Gasteiger partial charge in [0, 0.05) is 37.8 Å². The highest BCUT2D eigenvalue weighted by molar-refractivity contribution is 4.99. The van der Waals surface area contributed by atoms with Gasteiger partial charge in [-0.15, -0.1) is 0 Å². The number of nitrogens with one attached hydrogen (secondary N) is 1. The summed E-state index contributed by atoms with van der Waals surface area (Å²) < 4.78 is 5.84. The zero-order chi connectivity index (χ0) is 13.3. The van der Waals surface area contributed by atoms with E-state index in [0.29, 0.717) is 6.10 Å². The van der Waals surface area contributed by atoms with Gasteiger partial charge in [-0.2, -0.15) is 0 Å². The summed E-state index contributed by atoms with van der Waals surface area (Å²) >= 11 is 0. The van der Waals surface area contributed by atoms with Gasteiger partial charge in [0.15, 0.2) is 0 Å². The monoisotopic (exact) mass is 266 g/mol. The lowest BCUT2D eigenvalue weighted by Gasteiger charge is -2.47. The highest BCUT2D eigenvalue weighted by Crippen LogP contribution is 2.34. The van der Waals surface area contributed by atoms with Crippen LogP contribution in [0.25, 0.3) is 0 Å². The van der Waals surface area contributed by atoms with Crippen molar-refractivity contribution in [1.82, 2.24) is 10.2 Å². The summed E-state index contributed by atoms with van der Waals surface area (Å²) in [5, 5.41) is 3.79. The van der Waals surface area contributed by atoms with Crippen molar-refractivity contribution < 1.29 is 4.74 Å². The van der Waals surface area contributed by atoms with Crippen LogP contribution in [0.5, 0.6) is 0 Å². The molecular formula is C16H30N2O. The van der Waals surface area contributed by atoms with Crippen LogP contribution in [0.2, 0.25) is 0 Å². The van der Waals surface area contributed by atoms with Gasteiger partial charge in [-0.3, -0.25) is 4.90 Å². The molecule has 2 aliphatic heterocycles. The lowest BCUT2D eigenvalue weighted by molar-refractivity contribution is -0.00251. The predicted molar refractivity (Wildman–Crippen MR) is 78.4 cm³/mol.